The van der Waals surface area contributed by atoms with E-state index < -0.39 is 0 Å². The first-order valence-corrected chi connectivity index (χ1v) is 6.22. The molecule has 2 rings (SSSR count). The van der Waals surface area contributed by atoms with Gasteiger partial charge >= 0.3 is 0 Å². The molecule has 1 aromatic carbocycles. The average molecular weight is 272 g/mol. The highest BCUT2D eigenvalue weighted by molar-refractivity contribution is 5.77. The lowest BCUT2D eigenvalue weighted by Crippen LogP contribution is -2.28. The smallest absolute Gasteiger partial charge is 0.258 e. The second-order valence-corrected chi connectivity index (χ2v) is 4.05. The summed E-state index contributed by atoms with van der Waals surface area (Å²) in [6.07, 6.45) is 1.61. The van der Waals surface area contributed by atoms with E-state index in [0.717, 1.165) is 11.3 Å². The summed E-state index contributed by atoms with van der Waals surface area (Å²) in [6.45, 7) is 0.334. The third kappa shape index (κ3) is 3.98. The van der Waals surface area contributed by atoms with E-state index in [1.54, 1.807) is 31.5 Å². The molecule has 1 aromatic heterocycles. The maximum absolute atomic E-state index is 11.7. The zero-order valence-corrected chi connectivity index (χ0v) is 11.2. The van der Waals surface area contributed by atoms with Crippen molar-refractivity contribution >= 4 is 5.91 Å². The lowest BCUT2D eigenvalue weighted by atomic mass is 10.2. The fraction of sp³-hybridized carbons (Fsp3) is 0.200. The van der Waals surface area contributed by atoms with Crippen molar-refractivity contribution in [3.8, 4) is 11.6 Å². The van der Waals surface area contributed by atoms with Crippen molar-refractivity contribution in [3.63, 3.8) is 0 Å². The Morgan fingerprint density at radius 2 is 2.00 bits per heavy atom. The Morgan fingerprint density at radius 3 is 2.75 bits per heavy atom. The van der Waals surface area contributed by atoms with E-state index in [-0.39, 0.29) is 12.5 Å². The summed E-state index contributed by atoms with van der Waals surface area (Å²) in [6, 6.07) is 12.8. The summed E-state index contributed by atoms with van der Waals surface area (Å²) in [5.74, 6) is 0.972. The third-order valence-electron chi connectivity index (χ3n) is 2.66. The number of rotatable bonds is 6. The number of aromatic nitrogens is 1. The molecule has 0 aliphatic carbocycles. The van der Waals surface area contributed by atoms with Crippen LogP contribution in [0.5, 0.6) is 11.6 Å². The van der Waals surface area contributed by atoms with Crippen LogP contribution in [-0.2, 0) is 11.3 Å². The quantitative estimate of drug-likeness (QED) is 0.871. The molecule has 0 aliphatic heterocycles. The van der Waals surface area contributed by atoms with Crippen LogP contribution in [0.25, 0.3) is 0 Å². The van der Waals surface area contributed by atoms with Crippen LogP contribution in [-0.4, -0.2) is 24.6 Å². The Balaban J connectivity index is 1.80. The molecule has 2 aromatic rings. The second-order valence-electron chi connectivity index (χ2n) is 4.05. The number of pyridine rings is 1. The first kappa shape index (κ1) is 13.9. The van der Waals surface area contributed by atoms with Gasteiger partial charge < -0.3 is 14.8 Å². The average Bonchev–Trinajstić information content (AvgIpc) is 2.52. The van der Waals surface area contributed by atoms with Gasteiger partial charge in [-0.05, 0) is 12.1 Å². The van der Waals surface area contributed by atoms with Gasteiger partial charge in [-0.1, -0.05) is 24.3 Å². The minimum atomic E-state index is -0.207. The van der Waals surface area contributed by atoms with Crippen molar-refractivity contribution in [2.24, 2.45) is 0 Å². The van der Waals surface area contributed by atoms with Gasteiger partial charge in [-0.2, -0.15) is 0 Å². The largest absolute Gasteiger partial charge is 0.496 e. The monoisotopic (exact) mass is 272 g/mol. The molecule has 5 nitrogen and oxygen atoms in total. The van der Waals surface area contributed by atoms with Crippen LogP contribution >= 0.6 is 0 Å². The van der Waals surface area contributed by atoms with Crippen molar-refractivity contribution < 1.29 is 14.3 Å². The van der Waals surface area contributed by atoms with Gasteiger partial charge in [0.1, 0.15) is 5.75 Å². The molecule has 1 amide bonds. The summed E-state index contributed by atoms with van der Waals surface area (Å²) in [7, 11) is 1.60. The van der Waals surface area contributed by atoms with E-state index >= 15 is 0 Å². The topological polar surface area (TPSA) is 60.5 Å². The Morgan fingerprint density at radius 1 is 1.20 bits per heavy atom. The fourth-order valence-corrected chi connectivity index (χ4v) is 1.67. The second kappa shape index (κ2) is 7.13. The van der Waals surface area contributed by atoms with E-state index in [4.69, 9.17) is 9.47 Å². The zero-order chi connectivity index (χ0) is 14.2. The van der Waals surface area contributed by atoms with E-state index in [1.165, 1.54) is 0 Å². The predicted octanol–water partition coefficient (Wildman–Crippen LogP) is 1.79. The predicted molar refractivity (Wildman–Crippen MR) is 74.6 cm³/mol. The summed E-state index contributed by atoms with van der Waals surface area (Å²) >= 11 is 0. The van der Waals surface area contributed by atoms with Gasteiger partial charge in [0.15, 0.2) is 6.61 Å². The van der Waals surface area contributed by atoms with Gasteiger partial charge in [-0.3, -0.25) is 4.79 Å². The van der Waals surface area contributed by atoms with Crippen LogP contribution < -0.4 is 14.8 Å². The van der Waals surface area contributed by atoms with Gasteiger partial charge in [0.25, 0.3) is 5.91 Å². The minimum Gasteiger partial charge on any atom is -0.496 e. The molecule has 0 saturated heterocycles. The number of benzene rings is 1. The molecule has 1 heterocycles. The number of nitrogens with zero attached hydrogens (tertiary/aromatic N) is 1. The molecule has 0 saturated carbocycles. The molecule has 20 heavy (non-hydrogen) atoms. The molecule has 0 bridgehead atoms. The van der Waals surface area contributed by atoms with Gasteiger partial charge in [0, 0.05) is 24.4 Å². The Labute approximate surface area is 117 Å². The molecular weight excluding hydrogens is 256 g/mol. The SMILES string of the molecule is COc1ccccc1CNC(=O)COc1ccccn1. The van der Waals surface area contributed by atoms with Crippen LogP contribution in [0.2, 0.25) is 0 Å². The first-order chi connectivity index (χ1) is 9.79. The lowest BCUT2D eigenvalue weighted by molar-refractivity contribution is -0.123. The van der Waals surface area contributed by atoms with Crippen molar-refractivity contribution in [2.45, 2.75) is 6.54 Å². The number of hydrogen-bond donors (Lipinski definition) is 1. The summed E-state index contributed by atoms with van der Waals surface area (Å²) in [5, 5.41) is 2.77. The molecule has 104 valence electrons. The molecule has 0 unspecified atom stereocenters. The highest BCUT2D eigenvalue weighted by atomic mass is 16.5. The maximum Gasteiger partial charge on any atom is 0.258 e. The first-order valence-electron chi connectivity index (χ1n) is 6.22. The molecule has 5 heteroatoms. The molecule has 0 aliphatic rings. The van der Waals surface area contributed by atoms with Crippen molar-refractivity contribution in [1.82, 2.24) is 10.3 Å². The number of methoxy groups -OCH3 is 1. The van der Waals surface area contributed by atoms with E-state index in [2.05, 4.69) is 10.3 Å². The Hall–Kier alpha value is -2.56. The van der Waals surface area contributed by atoms with Crippen LogP contribution in [0.3, 0.4) is 0 Å². The maximum atomic E-state index is 11.7. The van der Waals surface area contributed by atoms with Crippen LogP contribution in [0.4, 0.5) is 0 Å². The summed E-state index contributed by atoms with van der Waals surface area (Å²) in [4.78, 5) is 15.7. The van der Waals surface area contributed by atoms with Gasteiger partial charge in [0.2, 0.25) is 5.88 Å². The number of para-hydroxylation sites is 1. The van der Waals surface area contributed by atoms with E-state index in [9.17, 15) is 4.79 Å². The highest BCUT2D eigenvalue weighted by Gasteiger charge is 2.06. The minimum absolute atomic E-state index is 0.0633. The number of ether oxygens (including phenoxy) is 2. The van der Waals surface area contributed by atoms with Gasteiger partial charge in [0.05, 0.1) is 7.11 Å². The van der Waals surface area contributed by atoms with Crippen LogP contribution in [0.1, 0.15) is 5.56 Å². The molecule has 0 spiro atoms. The number of carbonyl (C=O) groups excluding carboxylic acids is 1. The normalized spacial score (nSPS) is 9.85. The highest BCUT2D eigenvalue weighted by Crippen LogP contribution is 2.16. The van der Waals surface area contributed by atoms with Crippen LogP contribution in [0, 0.1) is 0 Å². The van der Waals surface area contributed by atoms with Crippen molar-refractivity contribution in [3.05, 3.63) is 54.2 Å². The number of nitrogens with one attached hydrogen (secondary N) is 1. The molecular formula is C15H16N2O3. The fourth-order valence-electron chi connectivity index (χ4n) is 1.67. The number of amides is 1. The van der Waals surface area contributed by atoms with Crippen molar-refractivity contribution in [1.29, 1.82) is 0 Å². The number of hydrogen-bond acceptors (Lipinski definition) is 4. The van der Waals surface area contributed by atoms with Gasteiger partial charge in [-0.25, -0.2) is 4.98 Å². The van der Waals surface area contributed by atoms with Crippen LogP contribution in [0.15, 0.2) is 48.7 Å². The van der Waals surface area contributed by atoms with E-state index in [1.807, 2.05) is 24.3 Å². The molecule has 1 N–H and O–H groups in total. The molecule has 0 fully saturated rings. The summed E-state index contributed by atoms with van der Waals surface area (Å²) < 4.78 is 10.5. The standard InChI is InChI=1S/C15H16N2O3/c1-19-13-7-3-2-6-12(13)10-17-14(18)11-20-15-8-4-5-9-16-15/h2-9H,10-11H2,1H3,(H,17,18). The summed E-state index contributed by atoms with van der Waals surface area (Å²) in [5.41, 5.74) is 0.918. The third-order valence-corrected chi connectivity index (χ3v) is 2.66. The lowest BCUT2D eigenvalue weighted by Gasteiger charge is -2.09. The Bertz CT molecular complexity index is 558. The number of carbonyl (C=O) groups is 1. The molecule has 0 atom stereocenters. The van der Waals surface area contributed by atoms with Gasteiger partial charge in [-0.15, -0.1) is 0 Å². The van der Waals surface area contributed by atoms with Crippen molar-refractivity contribution in [2.75, 3.05) is 13.7 Å². The van der Waals surface area contributed by atoms with E-state index in [0.29, 0.717) is 12.4 Å². The molecule has 0 radical (unpaired) electrons. The Kier molecular flexibility index (Phi) is 4.94. The zero-order valence-electron chi connectivity index (χ0n) is 11.2.